The molecule has 2 aromatic carbocycles. The first-order chi connectivity index (χ1) is 20.5. The lowest BCUT2D eigenvalue weighted by Gasteiger charge is -2.26. The van der Waals surface area contributed by atoms with Crippen molar-refractivity contribution < 1.29 is 42.8 Å². The molecule has 0 saturated carbocycles. The van der Waals surface area contributed by atoms with Crippen LogP contribution < -0.4 is 38.6 Å². The Hall–Kier alpha value is -4.91. The molecule has 1 unspecified atom stereocenters. The van der Waals surface area contributed by atoms with E-state index in [9.17, 15) is 19.2 Å². The fraction of sp³-hybridized carbons (Fsp3) is 0.300. The highest BCUT2D eigenvalue weighted by molar-refractivity contribution is 7.07. The molecule has 1 atom stereocenters. The first-order valence-corrected chi connectivity index (χ1v) is 13.8. The summed E-state index contributed by atoms with van der Waals surface area (Å²) >= 11 is 1.11. The van der Waals surface area contributed by atoms with Crippen LogP contribution in [0.1, 0.15) is 44.9 Å². The molecule has 4 rings (SSSR count). The Bertz CT molecular complexity index is 1790. The van der Waals surface area contributed by atoms with Gasteiger partial charge in [0.15, 0.2) is 27.8 Å². The van der Waals surface area contributed by atoms with Crippen molar-refractivity contribution in [2.24, 2.45) is 4.99 Å². The van der Waals surface area contributed by atoms with Crippen molar-refractivity contribution >= 4 is 35.3 Å². The summed E-state index contributed by atoms with van der Waals surface area (Å²) in [6, 6.07) is 6.94. The summed E-state index contributed by atoms with van der Waals surface area (Å²) in [7, 11) is 4.41. The van der Waals surface area contributed by atoms with Crippen molar-refractivity contribution in [1.29, 1.82) is 0 Å². The highest BCUT2D eigenvalue weighted by Gasteiger charge is 2.34. The zero-order chi connectivity index (χ0) is 31.4. The van der Waals surface area contributed by atoms with E-state index < -0.39 is 29.5 Å². The van der Waals surface area contributed by atoms with Crippen molar-refractivity contribution in [3.63, 3.8) is 0 Å². The topological polar surface area (TPSA) is 141 Å². The van der Waals surface area contributed by atoms with E-state index in [2.05, 4.69) is 4.99 Å². The molecule has 0 N–H and O–H groups in total. The van der Waals surface area contributed by atoms with E-state index >= 15 is 0 Å². The predicted molar refractivity (Wildman–Crippen MR) is 156 cm³/mol. The molecule has 0 aliphatic carbocycles. The van der Waals surface area contributed by atoms with Crippen LogP contribution in [0.5, 0.6) is 28.7 Å². The van der Waals surface area contributed by atoms with Crippen LogP contribution in [-0.4, -0.2) is 50.4 Å². The monoisotopic (exact) mass is 610 g/mol. The molecule has 1 aliphatic rings. The quantitative estimate of drug-likeness (QED) is 0.262. The van der Waals surface area contributed by atoms with Gasteiger partial charge in [0.25, 0.3) is 5.56 Å². The van der Waals surface area contributed by atoms with Gasteiger partial charge in [-0.3, -0.25) is 19.0 Å². The van der Waals surface area contributed by atoms with Crippen molar-refractivity contribution in [3.05, 3.63) is 72.4 Å². The molecule has 0 fully saturated rings. The van der Waals surface area contributed by atoms with Crippen LogP contribution in [0.15, 0.2) is 51.4 Å². The molecule has 2 heterocycles. The number of ether oxygens (including phenoxy) is 6. The normalized spacial score (nSPS) is 14.4. The second kappa shape index (κ2) is 12.9. The van der Waals surface area contributed by atoms with Crippen LogP contribution >= 0.6 is 11.3 Å². The average Bonchev–Trinajstić information content (AvgIpc) is 3.26. The second-order valence-electron chi connectivity index (χ2n) is 9.15. The SMILES string of the molecule is CCOC(=O)C1=C(C)N=c2s/c(=C\c3ccc(OC(C)=O)c(OC(C)=O)c3)c(=O)n2C1c1cc(OC)c(OC)c(OC)c1. The fourth-order valence-electron chi connectivity index (χ4n) is 4.61. The van der Waals surface area contributed by atoms with Gasteiger partial charge in [-0.25, -0.2) is 9.79 Å². The van der Waals surface area contributed by atoms with Gasteiger partial charge in [-0.1, -0.05) is 17.4 Å². The number of fused-ring (bicyclic) bond motifs is 1. The molecule has 0 saturated heterocycles. The first kappa shape index (κ1) is 31.0. The number of allylic oxidation sites excluding steroid dienone is 1. The van der Waals surface area contributed by atoms with Crippen LogP contribution in [-0.2, 0) is 19.1 Å². The summed E-state index contributed by atoms with van der Waals surface area (Å²) in [4.78, 5) is 55.4. The van der Waals surface area contributed by atoms with E-state index in [1.165, 1.54) is 51.9 Å². The molecule has 0 bridgehead atoms. The smallest absolute Gasteiger partial charge is 0.338 e. The minimum Gasteiger partial charge on any atom is -0.493 e. The Morgan fingerprint density at radius 2 is 1.56 bits per heavy atom. The van der Waals surface area contributed by atoms with Gasteiger partial charge >= 0.3 is 17.9 Å². The van der Waals surface area contributed by atoms with Crippen LogP contribution in [0, 0.1) is 0 Å². The molecule has 12 nitrogen and oxygen atoms in total. The summed E-state index contributed by atoms with van der Waals surface area (Å²) in [5.41, 5.74) is 1.12. The number of carbonyl (C=O) groups is 3. The number of hydrogen-bond acceptors (Lipinski definition) is 12. The number of aromatic nitrogens is 1. The van der Waals surface area contributed by atoms with Gasteiger partial charge in [-0.15, -0.1) is 0 Å². The average molecular weight is 611 g/mol. The molecular formula is C30H30N2O10S. The molecule has 0 radical (unpaired) electrons. The van der Waals surface area contributed by atoms with E-state index in [4.69, 9.17) is 28.4 Å². The van der Waals surface area contributed by atoms with Gasteiger partial charge in [0, 0.05) is 13.8 Å². The molecule has 43 heavy (non-hydrogen) atoms. The van der Waals surface area contributed by atoms with Crippen LogP contribution in [0.25, 0.3) is 6.08 Å². The Balaban J connectivity index is 1.96. The maximum atomic E-state index is 14.0. The Kier molecular flexibility index (Phi) is 9.34. The molecule has 0 spiro atoms. The minimum atomic E-state index is -0.936. The Labute approximate surface area is 250 Å². The van der Waals surface area contributed by atoms with Crippen LogP contribution in [0.4, 0.5) is 0 Å². The van der Waals surface area contributed by atoms with Gasteiger partial charge in [0.2, 0.25) is 5.75 Å². The number of esters is 3. The lowest BCUT2D eigenvalue weighted by molar-refractivity contribution is -0.139. The molecule has 226 valence electrons. The molecule has 1 aromatic heterocycles. The zero-order valence-electron chi connectivity index (χ0n) is 24.6. The van der Waals surface area contributed by atoms with Crippen LogP contribution in [0.3, 0.4) is 0 Å². The van der Waals surface area contributed by atoms with Gasteiger partial charge in [-0.05, 0) is 55.3 Å². The van der Waals surface area contributed by atoms with Crippen molar-refractivity contribution in [2.75, 3.05) is 27.9 Å². The second-order valence-corrected chi connectivity index (χ2v) is 10.2. The van der Waals surface area contributed by atoms with Gasteiger partial charge in [-0.2, -0.15) is 0 Å². The van der Waals surface area contributed by atoms with Gasteiger partial charge in [0.05, 0.1) is 49.8 Å². The molecule has 3 aromatic rings. The van der Waals surface area contributed by atoms with E-state index in [1.807, 2.05) is 0 Å². The van der Waals surface area contributed by atoms with E-state index in [-0.39, 0.29) is 28.2 Å². The minimum absolute atomic E-state index is 0.0139. The first-order valence-electron chi connectivity index (χ1n) is 13.0. The fourth-order valence-corrected chi connectivity index (χ4v) is 5.65. The Morgan fingerprint density at radius 1 is 0.930 bits per heavy atom. The van der Waals surface area contributed by atoms with Gasteiger partial charge in [0.1, 0.15) is 0 Å². The van der Waals surface area contributed by atoms with E-state index in [0.29, 0.717) is 38.9 Å². The highest BCUT2D eigenvalue weighted by Crippen LogP contribution is 2.42. The molecule has 13 heteroatoms. The maximum absolute atomic E-state index is 14.0. The highest BCUT2D eigenvalue weighted by atomic mass is 32.1. The number of benzene rings is 2. The third-order valence-corrected chi connectivity index (χ3v) is 7.28. The lowest BCUT2D eigenvalue weighted by Crippen LogP contribution is -2.40. The lowest BCUT2D eigenvalue weighted by atomic mass is 9.95. The van der Waals surface area contributed by atoms with Crippen molar-refractivity contribution in [1.82, 2.24) is 4.57 Å². The number of rotatable bonds is 9. The molecule has 0 amide bonds. The summed E-state index contributed by atoms with van der Waals surface area (Å²) in [5.74, 6) is -0.737. The summed E-state index contributed by atoms with van der Waals surface area (Å²) in [6.45, 7) is 5.93. The van der Waals surface area contributed by atoms with Gasteiger partial charge < -0.3 is 28.4 Å². The number of nitrogens with zero attached hydrogens (tertiary/aromatic N) is 2. The summed E-state index contributed by atoms with van der Waals surface area (Å²) in [6.07, 6.45) is 1.59. The van der Waals surface area contributed by atoms with Crippen molar-refractivity contribution in [3.8, 4) is 28.7 Å². The zero-order valence-corrected chi connectivity index (χ0v) is 25.5. The Morgan fingerprint density at radius 3 is 2.12 bits per heavy atom. The summed E-state index contributed by atoms with van der Waals surface area (Å²) < 4.78 is 33.9. The molecule has 1 aliphatic heterocycles. The summed E-state index contributed by atoms with van der Waals surface area (Å²) in [5, 5.41) is 0. The third-order valence-electron chi connectivity index (χ3n) is 6.29. The van der Waals surface area contributed by atoms with E-state index in [1.54, 1.807) is 38.1 Å². The number of hydrogen-bond donors (Lipinski definition) is 0. The number of carbonyl (C=O) groups excluding carboxylic acids is 3. The van der Waals surface area contributed by atoms with Crippen LogP contribution in [0.2, 0.25) is 0 Å². The largest absolute Gasteiger partial charge is 0.493 e. The maximum Gasteiger partial charge on any atom is 0.338 e. The predicted octanol–water partition coefficient (Wildman–Crippen LogP) is 2.67. The number of thiazole rings is 1. The number of methoxy groups -OCH3 is 3. The molecular weight excluding hydrogens is 580 g/mol. The standard InChI is InChI=1S/C30H30N2O10S/c1-8-40-29(36)25-15(2)31-30-32(26(25)19-13-22(37-5)27(39-7)23(14-19)38-6)28(35)24(43-30)12-18-9-10-20(41-16(3)33)21(11-18)42-17(4)34/h9-14,26H,8H2,1-7H3/b24-12-. The third kappa shape index (κ3) is 6.31. The van der Waals surface area contributed by atoms with Crippen molar-refractivity contribution in [2.45, 2.75) is 33.7 Å². The van der Waals surface area contributed by atoms with E-state index in [0.717, 1.165) is 11.3 Å².